The van der Waals surface area contributed by atoms with Gasteiger partial charge in [-0.1, -0.05) is 89.5 Å². The lowest BCUT2D eigenvalue weighted by Crippen LogP contribution is -2.29. The molecule has 3 rings (SSSR count). The molecule has 0 amide bonds. The largest absolute Gasteiger partial charge is 0.344 e. The Morgan fingerprint density at radius 1 is 0.577 bits per heavy atom. The fourth-order valence-electron chi connectivity index (χ4n) is 3.39. The van der Waals surface area contributed by atoms with E-state index in [-0.39, 0.29) is 0 Å². The quantitative estimate of drug-likeness (QED) is 0.500. The first-order chi connectivity index (χ1) is 12.2. The van der Waals surface area contributed by atoms with E-state index in [2.05, 4.69) is 0 Å². The summed E-state index contributed by atoms with van der Waals surface area (Å²) in [6.07, 6.45) is 0. The maximum Gasteiger partial charge on any atom is 0.344 e. The van der Waals surface area contributed by atoms with Gasteiger partial charge in [-0.3, -0.25) is 4.57 Å². The molecule has 3 aromatic carbocycles. The Morgan fingerprint density at radius 3 is 1.00 bits per heavy atom. The van der Waals surface area contributed by atoms with Gasteiger partial charge in [0, 0.05) is 0 Å². The van der Waals surface area contributed by atoms with Gasteiger partial charge in [-0.25, -0.2) is 0 Å². The second-order valence-corrected chi connectivity index (χ2v) is 8.61. The van der Waals surface area contributed by atoms with E-state index < -0.39 is 12.8 Å². The van der Waals surface area contributed by atoms with Gasteiger partial charge in [0.2, 0.25) is 0 Å². The molecule has 0 heterocycles. The lowest BCUT2D eigenvalue weighted by Gasteiger charge is -2.36. The fraction of sp³-hybridized carbons (Fsp3) is 0.182. The van der Waals surface area contributed by atoms with Crippen molar-refractivity contribution in [3.05, 3.63) is 106 Å². The summed E-state index contributed by atoms with van der Waals surface area (Å²) in [6.45, 7) is 5.88. The van der Waals surface area contributed by atoms with Crippen LogP contribution >= 0.6 is 7.60 Å². The van der Waals surface area contributed by atoms with Crippen molar-refractivity contribution >= 4 is 7.60 Å². The Labute approximate surface area is 154 Å². The zero-order valence-corrected chi connectivity index (χ0v) is 16.1. The van der Waals surface area contributed by atoms with E-state index in [0.717, 1.165) is 16.7 Å². The van der Waals surface area contributed by atoms with E-state index in [0.29, 0.717) is 16.7 Å². The summed E-state index contributed by atoms with van der Waals surface area (Å²) in [6, 6.07) is 22.2. The minimum absolute atomic E-state index is 0.587. The van der Waals surface area contributed by atoms with Crippen LogP contribution in [-0.2, 0) is 9.72 Å². The number of aryl methyl sites for hydroxylation is 3. The monoisotopic (exact) mass is 366 g/mol. The molecular formula is C22H23O3P. The van der Waals surface area contributed by atoms with Crippen LogP contribution in [0.5, 0.6) is 0 Å². The Balaban J connectivity index is 2.42. The van der Waals surface area contributed by atoms with Crippen molar-refractivity contribution < 1.29 is 14.4 Å². The third-order valence-electron chi connectivity index (χ3n) is 4.84. The lowest BCUT2D eigenvalue weighted by molar-refractivity contribution is 0.349. The zero-order chi connectivity index (χ0) is 18.9. The summed E-state index contributed by atoms with van der Waals surface area (Å²) in [4.78, 5) is 21.2. The SMILES string of the molecule is Cc1ccc(C(c2ccc(C)cc2)(c2ccc(C)cc2)P(=O)(O)O)cc1. The van der Waals surface area contributed by atoms with E-state index in [4.69, 9.17) is 0 Å². The number of rotatable bonds is 4. The second-order valence-electron chi connectivity index (χ2n) is 6.85. The first-order valence-corrected chi connectivity index (χ1v) is 10.1. The maximum atomic E-state index is 13.0. The van der Waals surface area contributed by atoms with Crippen molar-refractivity contribution in [2.24, 2.45) is 0 Å². The molecule has 0 atom stereocenters. The normalized spacial score (nSPS) is 12.2. The van der Waals surface area contributed by atoms with Gasteiger partial charge in [0.15, 0.2) is 0 Å². The third-order valence-corrected chi connectivity index (χ3v) is 6.49. The van der Waals surface area contributed by atoms with Crippen LogP contribution in [0.25, 0.3) is 0 Å². The molecule has 134 valence electrons. The van der Waals surface area contributed by atoms with Crippen molar-refractivity contribution in [1.82, 2.24) is 0 Å². The first-order valence-electron chi connectivity index (χ1n) is 8.52. The molecule has 0 aromatic heterocycles. The smallest absolute Gasteiger partial charge is 0.323 e. The fourth-order valence-corrected chi connectivity index (χ4v) is 4.85. The van der Waals surface area contributed by atoms with Gasteiger partial charge < -0.3 is 9.79 Å². The van der Waals surface area contributed by atoms with E-state index in [9.17, 15) is 14.4 Å². The summed E-state index contributed by atoms with van der Waals surface area (Å²) in [5, 5.41) is -1.54. The molecule has 26 heavy (non-hydrogen) atoms. The summed E-state index contributed by atoms with van der Waals surface area (Å²) in [5.41, 5.74) is 4.89. The highest BCUT2D eigenvalue weighted by molar-refractivity contribution is 7.53. The van der Waals surface area contributed by atoms with Crippen molar-refractivity contribution in [3.8, 4) is 0 Å². The summed E-state index contributed by atoms with van der Waals surface area (Å²) in [5.74, 6) is 0. The van der Waals surface area contributed by atoms with Crippen LogP contribution in [0.2, 0.25) is 0 Å². The Hall–Kier alpha value is -2.19. The lowest BCUT2D eigenvalue weighted by atomic mass is 9.83. The third kappa shape index (κ3) is 3.14. The van der Waals surface area contributed by atoms with Crippen LogP contribution in [-0.4, -0.2) is 9.79 Å². The highest BCUT2D eigenvalue weighted by atomic mass is 31.2. The molecule has 0 radical (unpaired) electrons. The molecule has 0 saturated heterocycles. The molecule has 0 fully saturated rings. The molecule has 0 aliphatic rings. The van der Waals surface area contributed by atoms with Crippen LogP contribution in [0.4, 0.5) is 0 Å². The van der Waals surface area contributed by atoms with Gasteiger partial charge in [0.05, 0.1) is 0 Å². The zero-order valence-electron chi connectivity index (χ0n) is 15.2. The molecule has 0 aliphatic heterocycles. The predicted molar refractivity (Wildman–Crippen MR) is 105 cm³/mol. The van der Waals surface area contributed by atoms with E-state index in [1.165, 1.54) is 0 Å². The average Bonchev–Trinajstić information content (AvgIpc) is 2.59. The van der Waals surface area contributed by atoms with E-state index in [1.54, 1.807) is 0 Å². The maximum absolute atomic E-state index is 13.0. The van der Waals surface area contributed by atoms with Crippen LogP contribution in [0.15, 0.2) is 72.8 Å². The Bertz CT molecular complexity index is 825. The summed E-state index contributed by atoms with van der Waals surface area (Å²) in [7, 11) is -4.62. The van der Waals surface area contributed by atoms with Crippen LogP contribution in [0.3, 0.4) is 0 Å². The highest BCUT2D eigenvalue weighted by Gasteiger charge is 2.51. The molecule has 0 bridgehead atoms. The molecule has 3 nitrogen and oxygen atoms in total. The number of hydrogen-bond acceptors (Lipinski definition) is 1. The standard InChI is InChI=1S/C22H23O3P/c1-16-4-10-19(11-5-16)22(26(23,24)25,20-12-6-17(2)7-13-20)21-14-8-18(3)9-15-21/h4-15H,1-3H3,(H2,23,24,25). The highest BCUT2D eigenvalue weighted by Crippen LogP contribution is 2.64. The molecular weight excluding hydrogens is 343 g/mol. The summed E-state index contributed by atoms with van der Waals surface area (Å²) < 4.78 is 13.0. The number of benzene rings is 3. The van der Waals surface area contributed by atoms with Gasteiger partial charge in [0.1, 0.15) is 5.16 Å². The first kappa shape index (κ1) is 18.6. The van der Waals surface area contributed by atoms with E-state index >= 15 is 0 Å². The summed E-state index contributed by atoms with van der Waals surface area (Å²) >= 11 is 0. The molecule has 0 spiro atoms. The van der Waals surface area contributed by atoms with Crippen LogP contribution in [0.1, 0.15) is 33.4 Å². The van der Waals surface area contributed by atoms with Crippen LogP contribution in [0, 0.1) is 20.8 Å². The molecule has 0 aliphatic carbocycles. The Morgan fingerprint density at radius 2 is 0.808 bits per heavy atom. The minimum atomic E-state index is -4.62. The van der Waals surface area contributed by atoms with Crippen molar-refractivity contribution in [1.29, 1.82) is 0 Å². The van der Waals surface area contributed by atoms with Gasteiger partial charge >= 0.3 is 7.60 Å². The number of hydrogen-bond donors (Lipinski definition) is 2. The topological polar surface area (TPSA) is 57.5 Å². The van der Waals surface area contributed by atoms with Crippen molar-refractivity contribution in [2.75, 3.05) is 0 Å². The van der Waals surface area contributed by atoms with Gasteiger partial charge in [-0.15, -0.1) is 0 Å². The predicted octanol–water partition coefficient (Wildman–Crippen LogP) is 5.08. The molecule has 0 unspecified atom stereocenters. The van der Waals surface area contributed by atoms with Gasteiger partial charge in [0.25, 0.3) is 0 Å². The molecule has 2 N–H and O–H groups in total. The molecule has 0 saturated carbocycles. The second kappa shape index (κ2) is 6.85. The van der Waals surface area contributed by atoms with Crippen LogP contribution < -0.4 is 0 Å². The van der Waals surface area contributed by atoms with Crippen molar-refractivity contribution in [3.63, 3.8) is 0 Å². The van der Waals surface area contributed by atoms with Gasteiger partial charge in [-0.05, 0) is 37.5 Å². The van der Waals surface area contributed by atoms with Gasteiger partial charge in [-0.2, -0.15) is 0 Å². The van der Waals surface area contributed by atoms with E-state index in [1.807, 2.05) is 93.6 Å². The molecule has 4 heteroatoms. The van der Waals surface area contributed by atoms with Crippen molar-refractivity contribution in [2.45, 2.75) is 25.9 Å². The Kier molecular flexibility index (Phi) is 4.90. The average molecular weight is 366 g/mol. The molecule has 3 aromatic rings. The minimum Gasteiger partial charge on any atom is -0.323 e.